The molecular formula is C20H21FN4. The number of aromatic nitrogens is 2. The second kappa shape index (κ2) is 5.38. The van der Waals surface area contributed by atoms with Crippen molar-refractivity contribution in [2.24, 2.45) is 5.41 Å². The van der Waals surface area contributed by atoms with E-state index >= 15 is 0 Å². The molecular weight excluding hydrogens is 315 g/mol. The molecule has 2 aliphatic heterocycles. The van der Waals surface area contributed by atoms with Crippen LogP contribution in [0, 0.1) is 11.2 Å². The van der Waals surface area contributed by atoms with E-state index < -0.39 is 0 Å². The molecule has 0 amide bonds. The Morgan fingerprint density at radius 2 is 1.80 bits per heavy atom. The molecule has 1 spiro atoms. The van der Waals surface area contributed by atoms with Gasteiger partial charge >= 0.3 is 0 Å². The minimum Gasteiger partial charge on any atom is -0.305 e. The first-order valence-corrected chi connectivity index (χ1v) is 8.75. The second-order valence-electron chi connectivity index (χ2n) is 7.66. The van der Waals surface area contributed by atoms with Crippen LogP contribution in [-0.2, 0) is 6.54 Å². The van der Waals surface area contributed by atoms with Crippen molar-refractivity contribution >= 4 is 5.65 Å². The third kappa shape index (κ3) is 2.46. The van der Waals surface area contributed by atoms with Crippen LogP contribution in [0.1, 0.15) is 5.69 Å². The lowest BCUT2D eigenvalue weighted by Crippen LogP contribution is -2.70. The van der Waals surface area contributed by atoms with E-state index in [0.29, 0.717) is 5.41 Å². The minimum absolute atomic E-state index is 0.215. The Labute approximate surface area is 146 Å². The SMILES string of the molecule is CN1CC2(C1)CN(Cc1c(-c3ccc(F)cc3)nc3ccccn13)C2. The summed E-state index contributed by atoms with van der Waals surface area (Å²) in [5.41, 5.74) is 4.57. The molecule has 2 fully saturated rings. The lowest BCUT2D eigenvalue weighted by molar-refractivity contribution is -0.108. The Morgan fingerprint density at radius 1 is 1.04 bits per heavy atom. The first-order chi connectivity index (χ1) is 12.1. The number of rotatable bonds is 3. The van der Waals surface area contributed by atoms with E-state index in [0.717, 1.165) is 36.5 Å². The summed E-state index contributed by atoms with van der Waals surface area (Å²) in [5, 5.41) is 0. The minimum atomic E-state index is -0.215. The first-order valence-electron chi connectivity index (χ1n) is 8.75. The summed E-state index contributed by atoms with van der Waals surface area (Å²) in [6.07, 6.45) is 2.07. The maximum absolute atomic E-state index is 13.3. The van der Waals surface area contributed by atoms with Crippen LogP contribution < -0.4 is 0 Å². The Bertz CT molecular complexity index is 917. The van der Waals surface area contributed by atoms with Gasteiger partial charge < -0.3 is 9.30 Å². The van der Waals surface area contributed by atoms with E-state index in [1.807, 2.05) is 30.3 Å². The number of pyridine rings is 1. The Morgan fingerprint density at radius 3 is 2.52 bits per heavy atom. The van der Waals surface area contributed by atoms with Crippen molar-refractivity contribution in [2.45, 2.75) is 6.54 Å². The molecule has 3 aromatic rings. The smallest absolute Gasteiger partial charge is 0.137 e. The maximum atomic E-state index is 13.3. The number of halogens is 1. The quantitative estimate of drug-likeness (QED) is 0.735. The van der Waals surface area contributed by atoms with Gasteiger partial charge in [-0.2, -0.15) is 0 Å². The Balaban J connectivity index is 1.48. The molecule has 0 saturated carbocycles. The topological polar surface area (TPSA) is 23.8 Å². The molecule has 5 rings (SSSR count). The van der Waals surface area contributed by atoms with Gasteiger partial charge in [-0.25, -0.2) is 9.37 Å². The van der Waals surface area contributed by atoms with Crippen LogP contribution in [-0.4, -0.2) is 52.4 Å². The highest BCUT2D eigenvalue weighted by atomic mass is 19.1. The van der Waals surface area contributed by atoms with E-state index in [1.165, 1.54) is 30.9 Å². The van der Waals surface area contributed by atoms with Crippen molar-refractivity contribution in [3.05, 3.63) is 60.2 Å². The van der Waals surface area contributed by atoms with Crippen LogP contribution >= 0.6 is 0 Å². The van der Waals surface area contributed by atoms with Crippen molar-refractivity contribution in [2.75, 3.05) is 33.2 Å². The lowest BCUT2D eigenvalue weighted by Gasteiger charge is -2.59. The van der Waals surface area contributed by atoms with Gasteiger partial charge in [-0.1, -0.05) is 6.07 Å². The predicted molar refractivity (Wildman–Crippen MR) is 95.8 cm³/mol. The normalized spacial score (nSPS) is 19.9. The molecule has 128 valence electrons. The highest BCUT2D eigenvalue weighted by molar-refractivity contribution is 5.66. The van der Waals surface area contributed by atoms with Gasteiger partial charge in [-0.05, 0) is 43.4 Å². The summed E-state index contributed by atoms with van der Waals surface area (Å²) in [5.74, 6) is -0.215. The van der Waals surface area contributed by atoms with Gasteiger partial charge in [0.1, 0.15) is 11.5 Å². The standard InChI is InChI=1S/C20H21FN4/c1-23-11-20(12-23)13-24(14-20)10-17-19(15-5-7-16(21)8-6-15)22-18-4-2-3-9-25(17)18/h2-9H,10-14H2,1H3. The molecule has 1 aromatic carbocycles. The highest BCUT2D eigenvalue weighted by Gasteiger charge is 2.50. The third-order valence-corrected chi connectivity index (χ3v) is 5.45. The number of hydrogen-bond acceptors (Lipinski definition) is 3. The summed E-state index contributed by atoms with van der Waals surface area (Å²) < 4.78 is 15.5. The number of likely N-dealkylation sites (tertiary alicyclic amines) is 2. The zero-order valence-electron chi connectivity index (χ0n) is 14.3. The molecule has 5 heteroatoms. The van der Waals surface area contributed by atoms with Gasteiger partial charge in [0.25, 0.3) is 0 Å². The Hall–Kier alpha value is -2.24. The van der Waals surface area contributed by atoms with Crippen LogP contribution in [0.25, 0.3) is 16.9 Å². The third-order valence-electron chi connectivity index (χ3n) is 5.45. The molecule has 0 radical (unpaired) electrons. The number of fused-ring (bicyclic) bond motifs is 1. The molecule has 0 aliphatic carbocycles. The molecule has 0 unspecified atom stereocenters. The van der Waals surface area contributed by atoms with Gasteiger partial charge in [-0.15, -0.1) is 0 Å². The number of hydrogen-bond donors (Lipinski definition) is 0. The fraction of sp³-hybridized carbons (Fsp3) is 0.350. The summed E-state index contributed by atoms with van der Waals surface area (Å²) in [4.78, 5) is 9.69. The van der Waals surface area contributed by atoms with Crippen molar-refractivity contribution in [1.82, 2.24) is 19.2 Å². The van der Waals surface area contributed by atoms with E-state index in [2.05, 4.69) is 27.4 Å². The molecule has 2 aliphatic rings. The van der Waals surface area contributed by atoms with Crippen LogP contribution in [0.2, 0.25) is 0 Å². The molecule has 0 N–H and O–H groups in total. The first kappa shape index (κ1) is 15.0. The summed E-state index contributed by atoms with van der Waals surface area (Å²) in [7, 11) is 2.19. The van der Waals surface area contributed by atoms with Gasteiger partial charge in [0.2, 0.25) is 0 Å². The van der Waals surface area contributed by atoms with E-state index in [-0.39, 0.29) is 5.82 Å². The predicted octanol–water partition coefficient (Wildman–Crippen LogP) is 2.89. The largest absolute Gasteiger partial charge is 0.305 e. The Kier molecular flexibility index (Phi) is 3.24. The van der Waals surface area contributed by atoms with Crippen LogP contribution in [0.15, 0.2) is 48.7 Å². The molecule has 2 aromatic heterocycles. The van der Waals surface area contributed by atoms with Crippen molar-refractivity contribution < 1.29 is 4.39 Å². The highest BCUT2D eigenvalue weighted by Crippen LogP contribution is 2.40. The van der Waals surface area contributed by atoms with Crippen molar-refractivity contribution in [1.29, 1.82) is 0 Å². The van der Waals surface area contributed by atoms with Crippen molar-refractivity contribution in [3.63, 3.8) is 0 Å². The van der Waals surface area contributed by atoms with Gasteiger partial charge in [0, 0.05) is 49.9 Å². The zero-order chi connectivity index (χ0) is 17.0. The summed E-state index contributed by atoms with van der Waals surface area (Å²) in [6.45, 7) is 5.60. The summed E-state index contributed by atoms with van der Waals surface area (Å²) in [6, 6.07) is 12.7. The second-order valence-corrected chi connectivity index (χ2v) is 7.66. The molecule has 4 heterocycles. The average molecular weight is 336 g/mol. The van der Waals surface area contributed by atoms with E-state index in [4.69, 9.17) is 4.98 Å². The molecule has 4 nitrogen and oxygen atoms in total. The number of imidazole rings is 1. The summed E-state index contributed by atoms with van der Waals surface area (Å²) >= 11 is 0. The number of nitrogens with zero attached hydrogens (tertiary/aromatic N) is 4. The molecule has 0 bridgehead atoms. The molecule has 0 atom stereocenters. The van der Waals surface area contributed by atoms with Gasteiger partial charge in [0.15, 0.2) is 0 Å². The molecule has 2 saturated heterocycles. The van der Waals surface area contributed by atoms with Gasteiger partial charge in [0.05, 0.1) is 11.4 Å². The number of benzene rings is 1. The van der Waals surface area contributed by atoms with Crippen LogP contribution in [0.4, 0.5) is 4.39 Å². The van der Waals surface area contributed by atoms with Crippen molar-refractivity contribution in [3.8, 4) is 11.3 Å². The fourth-order valence-corrected chi connectivity index (χ4v) is 4.56. The fourth-order valence-electron chi connectivity index (χ4n) is 4.56. The van der Waals surface area contributed by atoms with Gasteiger partial charge in [-0.3, -0.25) is 4.90 Å². The van der Waals surface area contributed by atoms with E-state index in [9.17, 15) is 4.39 Å². The average Bonchev–Trinajstić information content (AvgIpc) is 2.91. The monoisotopic (exact) mass is 336 g/mol. The van der Waals surface area contributed by atoms with Crippen LogP contribution in [0.3, 0.4) is 0 Å². The maximum Gasteiger partial charge on any atom is 0.137 e. The van der Waals surface area contributed by atoms with Crippen LogP contribution in [0.5, 0.6) is 0 Å². The zero-order valence-corrected chi connectivity index (χ0v) is 14.3. The lowest BCUT2D eigenvalue weighted by atomic mass is 9.73. The van der Waals surface area contributed by atoms with E-state index in [1.54, 1.807) is 0 Å². The molecule has 25 heavy (non-hydrogen) atoms.